The molecule has 2 heterocycles. The standard InChI is InChI=1S/C17H21N5O4S/c1-3-13(21-17(24)11-4-6-19-7-5-11)12-8-15(20-10-14(18)23)22-16(9-12)27(2,25)26/h4-9,13H,3,10H2,1-2H3,(H2,18,23)(H,20,22)(H,21,24)/t13-/m0/s1. The van der Waals surface area contributed by atoms with Crippen molar-refractivity contribution in [2.45, 2.75) is 24.4 Å². The van der Waals surface area contributed by atoms with Gasteiger partial charge in [0.1, 0.15) is 5.82 Å². The van der Waals surface area contributed by atoms with E-state index in [0.717, 1.165) is 6.26 Å². The Morgan fingerprint density at radius 1 is 1.22 bits per heavy atom. The van der Waals surface area contributed by atoms with Crippen LogP contribution in [0.4, 0.5) is 5.82 Å². The number of primary amides is 1. The van der Waals surface area contributed by atoms with Gasteiger partial charge in [0, 0.05) is 24.2 Å². The third-order valence-corrected chi connectivity index (χ3v) is 4.68. The highest BCUT2D eigenvalue weighted by Gasteiger charge is 2.19. The highest BCUT2D eigenvalue weighted by atomic mass is 32.2. The zero-order valence-electron chi connectivity index (χ0n) is 15.0. The molecule has 9 nitrogen and oxygen atoms in total. The number of nitrogens with one attached hydrogen (secondary N) is 2. The van der Waals surface area contributed by atoms with Crippen LogP contribution in [-0.4, -0.2) is 43.0 Å². The maximum atomic E-state index is 12.4. The van der Waals surface area contributed by atoms with Crippen molar-refractivity contribution in [2.24, 2.45) is 5.73 Å². The summed E-state index contributed by atoms with van der Waals surface area (Å²) in [6, 6.07) is 5.69. The number of hydrogen-bond acceptors (Lipinski definition) is 7. The molecule has 0 aliphatic carbocycles. The molecule has 0 spiro atoms. The summed E-state index contributed by atoms with van der Waals surface area (Å²) in [6.45, 7) is 1.66. The van der Waals surface area contributed by atoms with E-state index >= 15 is 0 Å². The third kappa shape index (κ3) is 5.74. The summed E-state index contributed by atoms with van der Waals surface area (Å²) in [6.07, 6.45) is 4.57. The number of rotatable bonds is 8. The lowest BCUT2D eigenvalue weighted by Crippen LogP contribution is -2.28. The second kappa shape index (κ2) is 8.58. The highest BCUT2D eigenvalue weighted by Crippen LogP contribution is 2.23. The monoisotopic (exact) mass is 391 g/mol. The topological polar surface area (TPSA) is 144 Å². The summed E-state index contributed by atoms with van der Waals surface area (Å²) in [5.41, 5.74) is 6.09. The van der Waals surface area contributed by atoms with E-state index in [4.69, 9.17) is 5.73 Å². The Balaban J connectivity index is 2.36. The number of amides is 2. The van der Waals surface area contributed by atoms with Crippen LogP contribution in [0.25, 0.3) is 0 Å². The van der Waals surface area contributed by atoms with Crippen LogP contribution < -0.4 is 16.4 Å². The zero-order chi connectivity index (χ0) is 20.0. The van der Waals surface area contributed by atoms with Gasteiger partial charge in [-0.15, -0.1) is 0 Å². The van der Waals surface area contributed by atoms with Gasteiger partial charge in [0.2, 0.25) is 5.91 Å². The van der Waals surface area contributed by atoms with Crippen molar-refractivity contribution < 1.29 is 18.0 Å². The minimum absolute atomic E-state index is 0.163. The molecule has 0 radical (unpaired) electrons. The fraction of sp³-hybridized carbons (Fsp3) is 0.294. The average molecular weight is 391 g/mol. The van der Waals surface area contributed by atoms with E-state index in [1.807, 2.05) is 6.92 Å². The SMILES string of the molecule is CC[C@H](NC(=O)c1ccncc1)c1cc(NCC(N)=O)nc(S(C)(=O)=O)c1. The lowest BCUT2D eigenvalue weighted by atomic mass is 10.0. The van der Waals surface area contributed by atoms with Crippen molar-refractivity contribution >= 4 is 27.5 Å². The number of carbonyl (C=O) groups is 2. The van der Waals surface area contributed by atoms with Crippen LogP contribution in [0.1, 0.15) is 35.3 Å². The van der Waals surface area contributed by atoms with E-state index in [2.05, 4.69) is 20.6 Å². The van der Waals surface area contributed by atoms with E-state index in [-0.39, 0.29) is 23.3 Å². The molecular formula is C17H21N5O4S. The van der Waals surface area contributed by atoms with Crippen LogP contribution in [0.3, 0.4) is 0 Å². The van der Waals surface area contributed by atoms with Crippen molar-refractivity contribution in [3.05, 3.63) is 47.8 Å². The van der Waals surface area contributed by atoms with Crippen LogP contribution >= 0.6 is 0 Å². The van der Waals surface area contributed by atoms with Gasteiger partial charge >= 0.3 is 0 Å². The van der Waals surface area contributed by atoms with E-state index in [0.29, 0.717) is 17.5 Å². The van der Waals surface area contributed by atoms with Gasteiger partial charge in [-0.2, -0.15) is 0 Å². The Labute approximate surface area is 157 Å². The van der Waals surface area contributed by atoms with Crippen LogP contribution in [0.2, 0.25) is 0 Å². The summed E-state index contributed by atoms with van der Waals surface area (Å²) in [4.78, 5) is 31.3. The molecule has 0 bridgehead atoms. The van der Waals surface area contributed by atoms with Gasteiger partial charge in [-0.25, -0.2) is 13.4 Å². The van der Waals surface area contributed by atoms with Gasteiger partial charge < -0.3 is 16.4 Å². The Kier molecular flexibility index (Phi) is 6.45. The molecule has 144 valence electrons. The van der Waals surface area contributed by atoms with Gasteiger partial charge in [-0.05, 0) is 36.2 Å². The van der Waals surface area contributed by atoms with Crippen molar-refractivity contribution in [2.75, 3.05) is 18.1 Å². The molecular weight excluding hydrogens is 370 g/mol. The van der Waals surface area contributed by atoms with Gasteiger partial charge in [-0.1, -0.05) is 6.92 Å². The van der Waals surface area contributed by atoms with Crippen molar-refractivity contribution in [1.29, 1.82) is 0 Å². The Morgan fingerprint density at radius 2 is 1.89 bits per heavy atom. The Bertz CT molecular complexity index is 932. The van der Waals surface area contributed by atoms with E-state index in [1.54, 1.807) is 18.2 Å². The van der Waals surface area contributed by atoms with Gasteiger partial charge in [0.05, 0.1) is 12.6 Å². The summed E-state index contributed by atoms with van der Waals surface area (Å²) < 4.78 is 23.9. The second-order valence-electron chi connectivity index (χ2n) is 5.89. The predicted molar refractivity (Wildman–Crippen MR) is 99.8 cm³/mol. The first-order valence-corrected chi connectivity index (χ1v) is 10.0. The van der Waals surface area contributed by atoms with E-state index in [9.17, 15) is 18.0 Å². The molecule has 0 saturated heterocycles. The molecule has 0 aromatic carbocycles. The first kappa shape index (κ1) is 20.3. The number of anilines is 1. The summed E-state index contributed by atoms with van der Waals surface area (Å²) >= 11 is 0. The van der Waals surface area contributed by atoms with Crippen LogP contribution in [0.5, 0.6) is 0 Å². The largest absolute Gasteiger partial charge is 0.368 e. The van der Waals surface area contributed by atoms with E-state index in [1.165, 1.54) is 18.5 Å². The molecule has 2 aromatic heterocycles. The number of carbonyl (C=O) groups excluding carboxylic acids is 2. The minimum atomic E-state index is -3.60. The molecule has 0 aliphatic rings. The zero-order valence-corrected chi connectivity index (χ0v) is 15.8. The molecule has 2 amide bonds. The summed E-state index contributed by atoms with van der Waals surface area (Å²) in [5.74, 6) is -0.738. The Morgan fingerprint density at radius 3 is 2.44 bits per heavy atom. The van der Waals surface area contributed by atoms with Crippen molar-refractivity contribution in [1.82, 2.24) is 15.3 Å². The molecule has 2 aromatic rings. The van der Waals surface area contributed by atoms with Crippen LogP contribution in [-0.2, 0) is 14.6 Å². The van der Waals surface area contributed by atoms with Crippen LogP contribution in [0.15, 0.2) is 41.7 Å². The van der Waals surface area contributed by atoms with Crippen molar-refractivity contribution in [3.8, 4) is 0 Å². The van der Waals surface area contributed by atoms with Gasteiger partial charge in [0.15, 0.2) is 14.9 Å². The molecule has 2 rings (SSSR count). The Hall–Kier alpha value is -3.01. The minimum Gasteiger partial charge on any atom is -0.368 e. The second-order valence-corrected chi connectivity index (χ2v) is 7.85. The van der Waals surface area contributed by atoms with Crippen LogP contribution in [0, 0.1) is 0 Å². The maximum absolute atomic E-state index is 12.4. The molecule has 4 N–H and O–H groups in total. The summed E-state index contributed by atoms with van der Waals surface area (Å²) in [5, 5.41) is 5.39. The quantitative estimate of drug-likeness (QED) is 0.599. The third-order valence-electron chi connectivity index (χ3n) is 3.71. The fourth-order valence-electron chi connectivity index (χ4n) is 2.35. The smallest absolute Gasteiger partial charge is 0.251 e. The highest BCUT2D eigenvalue weighted by molar-refractivity contribution is 7.90. The van der Waals surface area contributed by atoms with Gasteiger partial charge in [0.25, 0.3) is 5.91 Å². The molecule has 0 saturated carbocycles. The summed E-state index contributed by atoms with van der Waals surface area (Å²) in [7, 11) is -3.60. The first-order valence-electron chi connectivity index (χ1n) is 8.15. The van der Waals surface area contributed by atoms with E-state index < -0.39 is 21.8 Å². The number of hydrogen-bond donors (Lipinski definition) is 3. The lowest BCUT2D eigenvalue weighted by molar-refractivity contribution is -0.116. The number of pyridine rings is 2. The number of aromatic nitrogens is 2. The van der Waals surface area contributed by atoms with Gasteiger partial charge in [-0.3, -0.25) is 14.6 Å². The fourth-order valence-corrected chi connectivity index (χ4v) is 2.97. The molecule has 0 fully saturated rings. The first-order chi connectivity index (χ1) is 12.7. The molecule has 0 aliphatic heterocycles. The molecule has 27 heavy (non-hydrogen) atoms. The lowest BCUT2D eigenvalue weighted by Gasteiger charge is -2.19. The molecule has 10 heteroatoms. The average Bonchev–Trinajstić information content (AvgIpc) is 2.64. The number of nitrogens with zero attached hydrogens (tertiary/aromatic N) is 2. The predicted octanol–water partition coefficient (Wildman–Crippen LogP) is 0.658. The van der Waals surface area contributed by atoms with Crippen molar-refractivity contribution in [3.63, 3.8) is 0 Å². The number of nitrogens with two attached hydrogens (primary N) is 1. The molecule has 1 atom stereocenters. The molecule has 0 unspecified atom stereocenters. The maximum Gasteiger partial charge on any atom is 0.251 e. The normalized spacial score (nSPS) is 12.2. The number of sulfone groups is 1.